The molecule has 0 atom stereocenters. The van der Waals surface area contributed by atoms with Crippen LogP contribution in [0.4, 0.5) is 5.69 Å². The second-order valence-electron chi connectivity index (χ2n) is 4.40. The molecular weight excluding hydrogens is 286 g/mol. The van der Waals surface area contributed by atoms with Crippen LogP contribution in [0.15, 0.2) is 46.2 Å². The number of anilines is 1. The van der Waals surface area contributed by atoms with E-state index in [0.29, 0.717) is 22.4 Å². The van der Waals surface area contributed by atoms with E-state index in [2.05, 4.69) is 0 Å². The van der Waals surface area contributed by atoms with Gasteiger partial charge in [-0.25, -0.2) is 4.79 Å². The van der Waals surface area contributed by atoms with E-state index in [-0.39, 0.29) is 0 Å². The van der Waals surface area contributed by atoms with Gasteiger partial charge >= 0.3 is 5.97 Å². The number of rotatable bonds is 4. The number of carbonyl (C=O) groups excluding carboxylic acids is 2. The van der Waals surface area contributed by atoms with Crippen LogP contribution in [0.3, 0.4) is 0 Å². The summed E-state index contributed by atoms with van der Waals surface area (Å²) in [6, 6.07) is 10.7. The molecule has 0 aliphatic carbocycles. The molecule has 0 spiro atoms. The van der Waals surface area contributed by atoms with Crippen molar-refractivity contribution in [3.8, 4) is 0 Å². The standard InChI is InChI=1S/C16H15NO3S/c1-10-12(16(19)20-2)7-8-14(15(10)17)21-13-6-4-3-5-11(13)9-18/h3-9H,17H2,1-2H3. The van der Waals surface area contributed by atoms with Crippen LogP contribution in [0.25, 0.3) is 0 Å². The van der Waals surface area contributed by atoms with Crippen molar-refractivity contribution in [2.75, 3.05) is 12.8 Å². The zero-order valence-corrected chi connectivity index (χ0v) is 12.6. The first-order valence-electron chi connectivity index (χ1n) is 6.28. The highest BCUT2D eigenvalue weighted by molar-refractivity contribution is 7.99. The van der Waals surface area contributed by atoms with Gasteiger partial charge in [0.1, 0.15) is 0 Å². The first-order valence-corrected chi connectivity index (χ1v) is 7.09. The third-order valence-corrected chi connectivity index (χ3v) is 4.31. The Labute approximate surface area is 127 Å². The summed E-state index contributed by atoms with van der Waals surface area (Å²) in [5.74, 6) is -0.413. The van der Waals surface area contributed by atoms with Gasteiger partial charge < -0.3 is 10.5 Å². The third-order valence-electron chi connectivity index (χ3n) is 3.15. The maximum Gasteiger partial charge on any atom is 0.338 e. The number of aldehydes is 1. The van der Waals surface area contributed by atoms with Gasteiger partial charge in [0.2, 0.25) is 0 Å². The minimum atomic E-state index is -0.413. The number of ether oxygens (including phenoxy) is 1. The molecule has 0 saturated carbocycles. The van der Waals surface area contributed by atoms with Crippen LogP contribution in [0, 0.1) is 6.92 Å². The summed E-state index contributed by atoms with van der Waals surface area (Å²) in [6.07, 6.45) is 0.814. The molecule has 0 aromatic heterocycles. The van der Waals surface area contributed by atoms with E-state index in [1.165, 1.54) is 18.9 Å². The molecule has 0 aliphatic heterocycles. The third kappa shape index (κ3) is 3.08. The van der Waals surface area contributed by atoms with Crippen molar-refractivity contribution in [2.45, 2.75) is 16.7 Å². The maximum absolute atomic E-state index is 11.6. The molecule has 2 aromatic rings. The normalized spacial score (nSPS) is 10.2. The van der Waals surface area contributed by atoms with Gasteiger partial charge in [0.05, 0.1) is 12.7 Å². The second kappa shape index (κ2) is 6.45. The predicted octanol–water partition coefficient (Wildman–Crippen LogP) is 3.33. The van der Waals surface area contributed by atoms with Gasteiger partial charge in [-0.05, 0) is 30.7 Å². The fraction of sp³-hybridized carbons (Fsp3) is 0.125. The van der Waals surface area contributed by atoms with Gasteiger partial charge in [-0.15, -0.1) is 0 Å². The Hall–Kier alpha value is -2.27. The van der Waals surface area contributed by atoms with E-state index in [1.807, 2.05) is 18.2 Å². The fourth-order valence-corrected chi connectivity index (χ4v) is 2.93. The Morgan fingerprint density at radius 1 is 1.19 bits per heavy atom. The lowest BCUT2D eigenvalue weighted by atomic mass is 10.1. The average Bonchev–Trinajstić information content (AvgIpc) is 2.51. The van der Waals surface area contributed by atoms with Crippen LogP contribution in [0.5, 0.6) is 0 Å². The van der Waals surface area contributed by atoms with Gasteiger partial charge in [0, 0.05) is 21.0 Å². The molecule has 2 rings (SSSR count). The summed E-state index contributed by atoms with van der Waals surface area (Å²) in [5.41, 5.74) is 8.35. The highest BCUT2D eigenvalue weighted by Gasteiger charge is 2.15. The number of hydrogen-bond donors (Lipinski definition) is 1. The van der Waals surface area contributed by atoms with Gasteiger partial charge in [0.15, 0.2) is 6.29 Å². The Kier molecular flexibility index (Phi) is 4.65. The number of hydrogen-bond acceptors (Lipinski definition) is 5. The largest absolute Gasteiger partial charge is 0.465 e. The van der Waals surface area contributed by atoms with Crippen LogP contribution < -0.4 is 5.73 Å². The Bertz CT molecular complexity index is 698. The molecule has 0 fully saturated rings. The molecule has 0 radical (unpaired) electrons. The topological polar surface area (TPSA) is 69.4 Å². The Balaban J connectivity index is 2.40. The van der Waals surface area contributed by atoms with Gasteiger partial charge in [-0.3, -0.25) is 4.79 Å². The molecule has 0 saturated heterocycles. The molecule has 0 unspecified atom stereocenters. The molecule has 4 nitrogen and oxygen atoms in total. The van der Waals surface area contributed by atoms with E-state index >= 15 is 0 Å². The molecule has 5 heteroatoms. The molecule has 2 N–H and O–H groups in total. The summed E-state index contributed by atoms with van der Waals surface area (Å²) in [4.78, 5) is 24.3. The van der Waals surface area contributed by atoms with E-state index in [1.54, 1.807) is 25.1 Å². The molecule has 21 heavy (non-hydrogen) atoms. The predicted molar refractivity (Wildman–Crippen MR) is 82.9 cm³/mol. The molecule has 0 heterocycles. The van der Waals surface area contributed by atoms with E-state index < -0.39 is 5.97 Å². The number of carbonyl (C=O) groups is 2. The average molecular weight is 301 g/mol. The van der Waals surface area contributed by atoms with E-state index in [9.17, 15) is 9.59 Å². The van der Waals surface area contributed by atoms with Crippen molar-refractivity contribution < 1.29 is 14.3 Å². The lowest BCUT2D eigenvalue weighted by molar-refractivity contribution is 0.0600. The molecule has 2 aromatic carbocycles. The molecule has 0 aliphatic rings. The summed E-state index contributed by atoms with van der Waals surface area (Å²) in [6.45, 7) is 1.78. The van der Waals surface area contributed by atoms with Crippen LogP contribution >= 0.6 is 11.8 Å². The SMILES string of the molecule is COC(=O)c1ccc(Sc2ccccc2C=O)c(N)c1C. The lowest BCUT2D eigenvalue weighted by Crippen LogP contribution is -2.06. The Morgan fingerprint density at radius 3 is 2.57 bits per heavy atom. The highest BCUT2D eigenvalue weighted by atomic mass is 32.2. The quantitative estimate of drug-likeness (QED) is 0.533. The van der Waals surface area contributed by atoms with Gasteiger partial charge in [0.25, 0.3) is 0 Å². The number of nitrogens with two attached hydrogens (primary N) is 1. The zero-order valence-electron chi connectivity index (χ0n) is 11.8. The smallest absolute Gasteiger partial charge is 0.338 e. The number of esters is 1. The molecule has 0 bridgehead atoms. The maximum atomic E-state index is 11.6. The monoisotopic (exact) mass is 301 g/mol. The summed E-state index contributed by atoms with van der Waals surface area (Å²) in [5, 5.41) is 0. The number of nitrogen functional groups attached to an aromatic ring is 1. The van der Waals surface area contributed by atoms with E-state index in [4.69, 9.17) is 10.5 Å². The van der Waals surface area contributed by atoms with Crippen molar-refractivity contribution in [3.05, 3.63) is 53.1 Å². The minimum Gasteiger partial charge on any atom is -0.465 e. The molecule has 108 valence electrons. The lowest BCUT2D eigenvalue weighted by Gasteiger charge is -2.12. The van der Waals surface area contributed by atoms with Crippen molar-refractivity contribution in [1.29, 1.82) is 0 Å². The van der Waals surface area contributed by atoms with Crippen molar-refractivity contribution in [2.24, 2.45) is 0 Å². The summed E-state index contributed by atoms with van der Waals surface area (Å²) >= 11 is 1.40. The number of benzene rings is 2. The second-order valence-corrected chi connectivity index (χ2v) is 5.48. The summed E-state index contributed by atoms with van der Waals surface area (Å²) < 4.78 is 4.72. The fourth-order valence-electron chi connectivity index (χ4n) is 1.91. The van der Waals surface area contributed by atoms with Crippen molar-refractivity contribution in [1.82, 2.24) is 0 Å². The van der Waals surface area contributed by atoms with Crippen molar-refractivity contribution in [3.63, 3.8) is 0 Å². The van der Waals surface area contributed by atoms with Crippen molar-refractivity contribution >= 4 is 29.7 Å². The van der Waals surface area contributed by atoms with Gasteiger partial charge in [-0.1, -0.05) is 30.0 Å². The van der Waals surface area contributed by atoms with Crippen LogP contribution in [-0.4, -0.2) is 19.4 Å². The van der Waals surface area contributed by atoms with E-state index in [0.717, 1.165) is 16.1 Å². The van der Waals surface area contributed by atoms with Crippen LogP contribution in [-0.2, 0) is 4.74 Å². The Morgan fingerprint density at radius 2 is 1.90 bits per heavy atom. The van der Waals surface area contributed by atoms with Gasteiger partial charge in [-0.2, -0.15) is 0 Å². The minimum absolute atomic E-state index is 0.413. The molecule has 0 amide bonds. The van der Waals surface area contributed by atoms with Crippen LogP contribution in [0.1, 0.15) is 26.3 Å². The zero-order chi connectivity index (χ0) is 15.4. The molecular formula is C16H15NO3S. The number of methoxy groups -OCH3 is 1. The first-order chi connectivity index (χ1) is 10.1. The highest BCUT2D eigenvalue weighted by Crippen LogP contribution is 2.36. The van der Waals surface area contributed by atoms with Crippen LogP contribution in [0.2, 0.25) is 0 Å². The summed E-state index contributed by atoms with van der Waals surface area (Å²) in [7, 11) is 1.33. The first kappa shape index (κ1) is 15.1.